The molecule has 0 amide bonds. The minimum Gasteiger partial charge on any atom is -0.465 e. The van der Waals surface area contributed by atoms with Gasteiger partial charge in [0.2, 0.25) is 0 Å². The number of ether oxygens (including phenoxy) is 3. The number of esters is 1. The average Bonchev–Trinajstić information content (AvgIpc) is 3.29. The van der Waals surface area contributed by atoms with Gasteiger partial charge in [-0.2, -0.15) is 0 Å². The van der Waals surface area contributed by atoms with Crippen molar-refractivity contribution in [2.75, 3.05) is 26.4 Å². The Bertz CT molecular complexity index is 339. The molecule has 5 heteroatoms. The van der Waals surface area contributed by atoms with E-state index in [0.717, 1.165) is 25.7 Å². The van der Waals surface area contributed by atoms with Crippen LogP contribution in [0.15, 0.2) is 0 Å². The van der Waals surface area contributed by atoms with Crippen LogP contribution in [-0.4, -0.2) is 50.1 Å². The van der Waals surface area contributed by atoms with Crippen LogP contribution in [0, 0.1) is 5.92 Å². The summed E-state index contributed by atoms with van der Waals surface area (Å²) in [5, 5.41) is 3.51. The van der Waals surface area contributed by atoms with Crippen LogP contribution < -0.4 is 5.32 Å². The molecule has 1 atom stereocenters. The Morgan fingerprint density at radius 1 is 1.24 bits per heavy atom. The zero-order chi connectivity index (χ0) is 15.3. The largest absolute Gasteiger partial charge is 0.465 e. The fourth-order valence-corrected chi connectivity index (χ4v) is 2.57. The minimum atomic E-state index is -0.644. The first kappa shape index (κ1) is 16.7. The van der Waals surface area contributed by atoms with Crippen molar-refractivity contribution < 1.29 is 19.0 Å². The fourth-order valence-electron chi connectivity index (χ4n) is 2.57. The first-order valence-corrected chi connectivity index (χ1v) is 8.22. The Balaban J connectivity index is 1.88. The fraction of sp³-hybridized carbons (Fsp3) is 0.938. The van der Waals surface area contributed by atoms with E-state index in [2.05, 4.69) is 5.32 Å². The van der Waals surface area contributed by atoms with Gasteiger partial charge in [0, 0.05) is 6.04 Å². The Labute approximate surface area is 127 Å². The van der Waals surface area contributed by atoms with E-state index in [1.54, 1.807) is 0 Å². The third-order valence-corrected chi connectivity index (χ3v) is 3.96. The second kappa shape index (κ2) is 7.56. The third-order valence-electron chi connectivity index (χ3n) is 3.96. The number of hydrogen-bond donors (Lipinski definition) is 1. The van der Waals surface area contributed by atoms with Crippen LogP contribution >= 0.6 is 0 Å². The van der Waals surface area contributed by atoms with Crippen LogP contribution in [0.2, 0.25) is 0 Å². The van der Waals surface area contributed by atoms with Gasteiger partial charge < -0.3 is 14.2 Å². The Morgan fingerprint density at radius 2 is 1.95 bits per heavy atom. The molecular formula is C16H29NO4. The van der Waals surface area contributed by atoms with Gasteiger partial charge in [0.1, 0.15) is 5.54 Å². The van der Waals surface area contributed by atoms with Gasteiger partial charge in [-0.05, 0) is 52.4 Å². The van der Waals surface area contributed by atoms with E-state index in [1.807, 2.05) is 20.8 Å². The predicted octanol–water partition coefficient (Wildman–Crippen LogP) is 1.89. The maximum atomic E-state index is 12.5. The second-order valence-electron chi connectivity index (χ2n) is 6.36. The summed E-state index contributed by atoms with van der Waals surface area (Å²) >= 11 is 0. The van der Waals surface area contributed by atoms with Crippen molar-refractivity contribution in [2.24, 2.45) is 5.92 Å². The van der Waals surface area contributed by atoms with Crippen LogP contribution in [-0.2, 0) is 19.0 Å². The standard InChI is InChI=1S/C16H29NO4/c1-4-20-15(18)16(13-5-6-13,17-14-7-8-14)11-19-9-10-21-12(2)3/h12-14,17H,4-11H2,1-3H3. The lowest BCUT2D eigenvalue weighted by molar-refractivity contribution is -0.156. The van der Waals surface area contributed by atoms with Crippen molar-refractivity contribution in [1.29, 1.82) is 0 Å². The predicted molar refractivity (Wildman–Crippen MR) is 80.2 cm³/mol. The molecule has 2 aliphatic carbocycles. The molecule has 1 unspecified atom stereocenters. The van der Waals surface area contributed by atoms with Crippen LogP contribution in [0.4, 0.5) is 0 Å². The van der Waals surface area contributed by atoms with E-state index in [1.165, 1.54) is 0 Å². The molecule has 0 heterocycles. The molecule has 1 N–H and O–H groups in total. The number of carbonyl (C=O) groups is 1. The van der Waals surface area contributed by atoms with Gasteiger partial charge >= 0.3 is 5.97 Å². The highest BCUT2D eigenvalue weighted by atomic mass is 16.5. The van der Waals surface area contributed by atoms with Crippen molar-refractivity contribution in [3.63, 3.8) is 0 Å². The maximum absolute atomic E-state index is 12.5. The highest BCUT2D eigenvalue weighted by molar-refractivity contribution is 5.82. The molecule has 0 bridgehead atoms. The highest BCUT2D eigenvalue weighted by Crippen LogP contribution is 2.42. The minimum absolute atomic E-state index is 0.149. The van der Waals surface area contributed by atoms with Gasteiger partial charge in [0.15, 0.2) is 0 Å². The van der Waals surface area contributed by atoms with Gasteiger partial charge in [0.25, 0.3) is 0 Å². The van der Waals surface area contributed by atoms with Gasteiger partial charge in [0.05, 0.1) is 32.5 Å². The summed E-state index contributed by atoms with van der Waals surface area (Å²) in [5.74, 6) is 0.201. The lowest BCUT2D eigenvalue weighted by atomic mass is 9.93. The number of rotatable bonds is 11. The molecule has 0 aromatic heterocycles. The van der Waals surface area contributed by atoms with Crippen LogP contribution in [0.25, 0.3) is 0 Å². The first-order valence-electron chi connectivity index (χ1n) is 8.22. The molecule has 0 aromatic rings. The lowest BCUT2D eigenvalue weighted by Crippen LogP contribution is -2.59. The van der Waals surface area contributed by atoms with Gasteiger partial charge in [-0.15, -0.1) is 0 Å². The number of hydrogen-bond acceptors (Lipinski definition) is 5. The van der Waals surface area contributed by atoms with Crippen LogP contribution in [0.3, 0.4) is 0 Å². The van der Waals surface area contributed by atoms with E-state index in [4.69, 9.17) is 14.2 Å². The SMILES string of the molecule is CCOC(=O)C(COCCOC(C)C)(NC1CC1)C1CC1. The molecule has 2 aliphatic rings. The van der Waals surface area contributed by atoms with Crippen LogP contribution in [0.1, 0.15) is 46.5 Å². The molecule has 0 spiro atoms. The second-order valence-corrected chi connectivity index (χ2v) is 6.36. The summed E-state index contributed by atoms with van der Waals surface area (Å²) in [6, 6.07) is 0.450. The Hall–Kier alpha value is -0.650. The zero-order valence-electron chi connectivity index (χ0n) is 13.5. The summed E-state index contributed by atoms with van der Waals surface area (Å²) < 4.78 is 16.6. The third kappa shape index (κ3) is 4.94. The van der Waals surface area contributed by atoms with Crippen LogP contribution in [0.5, 0.6) is 0 Å². The van der Waals surface area contributed by atoms with E-state index < -0.39 is 5.54 Å². The lowest BCUT2D eigenvalue weighted by Gasteiger charge is -2.32. The average molecular weight is 299 g/mol. The van der Waals surface area contributed by atoms with Crippen molar-refractivity contribution >= 4 is 5.97 Å². The monoisotopic (exact) mass is 299 g/mol. The van der Waals surface area contributed by atoms with Crippen molar-refractivity contribution in [3.8, 4) is 0 Å². The highest BCUT2D eigenvalue weighted by Gasteiger charge is 2.54. The first-order chi connectivity index (χ1) is 10.1. The summed E-state index contributed by atoms with van der Waals surface area (Å²) in [6.07, 6.45) is 4.64. The van der Waals surface area contributed by atoms with E-state index in [-0.39, 0.29) is 12.1 Å². The molecule has 2 saturated carbocycles. The summed E-state index contributed by atoms with van der Waals surface area (Å²) in [6.45, 7) is 7.72. The Morgan fingerprint density at radius 3 is 2.48 bits per heavy atom. The zero-order valence-corrected chi connectivity index (χ0v) is 13.5. The summed E-state index contributed by atoms with van der Waals surface area (Å²) in [7, 11) is 0. The molecule has 0 radical (unpaired) electrons. The van der Waals surface area contributed by atoms with Crippen molar-refractivity contribution in [2.45, 2.75) is 64.1 Å². The quantitative estimate of drug-likeness (QED) is 0.466. The summed E-state index contributed by atoms with van der Waals surface area (Å²) in [4.78, 5) is 12.5. The van der Waals surface area contributed by atoms with Gasteiger partial charge in [-0.1, -0.05) is 0 Å². The molecule has 0 aromatic carbocycles. The molecule has 2 rings (SSSR count). The van der Waals surface area contributed by atoms with Gasteiger partial charge in [-0.3, -0.25) is 5.32 Å². The molecule has 5 nitrogen and oxygen atoms in total. The van der Waals surface area contributed by atoms with Crippen molar-refractivity contribution in [3.05, 3.63) is 0 Å². The molecule has 122 valence electrons. The van der Waals surface area contributed by atoms with E-state index in [0.29, 0.717) is 38.4 Å². The Kier molecular flexibility index (Phi) is 6.02. The molecule has 2 fully saturated rings. The van der Waals surface area contributed by atoms with Gasteiger partial charge in [-0.25, -0.2) is 4.79 Å². The smallest absolute Gasteiger partial charge is 0.329 e. The molecule has 0 saturated heterocycles. The maximum Gasteiger partial charge on any atom is 0.329 e. The normalized spacial score (nSPS) is 21.3. The number of carbonyl (C=O) groups excluding carboxylic acids is 1. The molecule has 0 aliphatic heterocycles. The van der Waals surface area contributed by atoms with Crippen molar-refractivity contribution in [1.82, 2.24) is 5.32 Å². The molecule has 21 heavy (non-hydrogen) atoms. The number of nitrogens with one attached hydrogen (secondary N) is 1. The summed E-state index contributed by atoms with van der Waals surface area (Å²) in [5.41, 5.74) is -0.644. The van der Waals surface area contributed by atoms with E-state index in [9.17, 15) is 4.79 Å². The van der Waals surface area contributed by atoms with E-state index >= 15 is 0 Å². The molecular weight excluding hydrogens is 270 g/mol. The topological polar surface area (TPSA) is 56.8 Å².